The summed E-state index contributed by atoms with van der Waals surface area (Å²) in [4.78, 5) is 20.5. The van der Waals surface area contributed by atoms with E-state index in [1.165, 1.54) is 23.5 Å². The maximum Gasteiger partial charge on any atom is 0.573 e. The molecule has 0 radical (unpaired) electrons. The van der Waals surface area contributed by atoms with Gasteiger partial charge in [0, 0.05) is 43.0 Å². The number of H-pyrrole nitrogens is 1. The number of amides is 1. The molecule has 3 heterocycles. The molecular formula is C22H20F3N5O2S. The van der Waals surface area contributed by atoms with Crippen LogP contribution in [0.2, 0.25) is 0 Å². The van der Waals surface area contributed by atoms with Crippen LogP contribution in [0.25, 0.3) is 11.0 Å². The standard InChI is InChI=1S/C22H20F3N5O2S/c23-22(24,25)32-18-4-2-1-3-14(18)13-26-10-11-29-21(31)19-17(7-12-33-19)30-16-6-9-28-20-15(16)5-8-27-20/h1-9,12,26H,10-11,13H2,(H,29,31)(H2,27,28,30). The topological polar surface area (TPSA) is 91.1 Å². The minimum absolute atomic E-state index is 0.169. The Hall–Kier alpha value is -3.57. The highest BCUT2D eigenvalue weighted by molar-refractivity contribution is 7.12. The third-order valence-corrected chi connectivity index (χ3v) is 5.62. The number of carbonyl (C=O) groups is 1. The van der Waals surface area contributed by atoms with Crippen molar-refractivity contribution in [2.24, 2.45) is 0 Å². The highest BCUT2D eigenvalue weighted by Crippen LogP contribution is 2.29. The molecule has 7 nitrogen and oxygen atoms in total. The minimum Gasteiger partial charge on any atom is -0.405 e. The van der Waals surface area contributed by atoms with Gasteiger partial charge in [0.2, 0.25) is 0 Å². The summed E-state index contributed by atoms with van der Waals surface area (Å²) in [5.41, 5.74) is 2.63. The zero-order valence-electron chi connectivity index (χ0n) is 17.2. The van der Waals surface area contributed by atoms with Gasteiger partial charge in [-0.25, -0.2) is 4.98 Å². The van der Waals surface area contributed by atoms with Crippen molar-refractivity contribution < 1.29 is 22.7 Å². The molecule has 0 bridgehead atoms. The molecule has 4 rings (SSSR count). The Kier molecular flexibility index (Phi) is 6.80. The number of para-hydroxylation sites is 1. The lowest BCUT2D eigenvalue weighted by Crippen LogP contribution is -2.31. The molecule has 11 heteroatoms. The molecule has 0 aliphatic heterocycles. The lowest BCUT2D eigenvalue weighted by Gasteiger charge is -2.14. The summed E-state index contributed by atoms with van der Waals surface area (Å²) in [5, 5.41) is 11.8. The number of halogens is 3. The Morgan fingerprint density at radius 3 is 2.79 bits per heavy atom. The summed E-state index contributed by atoms with van der Waals surface area (Å²) in [6.07, 6.45) is -1.28. The van der Waals surface area contributed by atoms with Crippen molar-refractivity contribution in [1.82, 2.24) is 20.6 Å². The summed E-state index contributed by atoms with van der Waals surface area (Å²) >= 11 is 1.31. The molecule has 0 aliphatic carbocycles. The van der Waals surface area contributed by atoms with Gasteiger partial charge in [0.15, 0.2) is 0 Å². The normalized spacial score (nSPS) is 11.5. The summed E-state index contributed by atoms with van der Waals surface area (Å²) in [7, 11) is 0. The molecule has 0 atom stereocenters. The van der Waals surface area contributed by atoms with Gasteiger partial charge in [0.1, 0.15) is 16.3 Å². The Morgan fingerprint density at radius 1 is 1.09 bits per heavy atom. The van der Waals surface area contributed by atoms with Crippen LogP contribution in [0.15, 0.2) is 60.2 Å². The predicted molar refractivity (Wildman–Crippen MR) is 121 cm³/mol. The van der Waals surface area contributed by atoms with Crippen molar-refractivity contribution in [3.8, 4) is 5.75 Å². The first-order valence-corrected chi connectivity index (χ1v) is 10.9. The van der Waals surface area contributed by atoms with Crippen molar-refractivity contribution in [1.29, 1.82) is 0 Å². The van der Waals surface area contributed by atoms with Crippen LogP contribution in [0.1, 0.15) is 15.2 Å². The van der Waals surface area contributed by atoms with E-state index in [4.69, 9.17) is 0 Å². The van der Waals surface area contributed by atoms with Crippen LogP contribution in [0.5, 0.6) is 5.75 Å². The number of pyridine rings is 1. The number of nitrogens with zero attached hydrogens (tertiary/aromatic N) is 1. The van der Waals surface area contributed by atoms with Crippen LogP contribution in [0.3, 0.4) is 0 Å². The van der Waals surface area contributed by atoms with Crippen molar-refractivity contribution in [3.05, 3.63) is 70.7 Å². The second kappa shape index (κ2) is 9.92. The minimum atomic E-state index is -4.75. The van der Waals surface area contributed by atoms with E-state index in [-0.39, 0.29) is 18.2 Å². The van der Waals surface area contributed by atoms with Gasteiger partial charge in [-0.1, -0.05) is 18.2 Å². The number of benzene rings is 1. The fraction of sp³-hybridized carbons (Fsp3) is 0.182. The molecule has 3 aromatic heterocycles. The average molecular weight is 475 g/mol. The molecule has 0 spiro atoms. The van der Waals surface area contributed by atoms with Gasteiger partial charge in [-0.3, -0.25) is 4.79 Å². The van der Waals surface area contributed by atoms with Crippen molar-refractivity contribution in [2.45, 2.75) is 12.9 Å². The largest absolute Gasteiger partial charge is 0.573 e. The van der Waals surface area contributed by atoms with E-state index in [0.717, 1.165) is 16.7 Å². The van der Waals surface area contributed by atoms with Crippen LogP contribution in [-0.2, 0) is 6.54 Å². The first-order chi connectivity index (χ1) is 15.9. The second-order valence-corrected chi connectivity index (χ2v) is 7.89. The highest BCUT2D eigenvalue weighted by atomic mass is 32.1. The summed E-state index contributed by atoms with van der Waals surface area (Å²) < 4.78 is 41.6. The number of nitrogens with one attached hydrogen (secondary N) is 4. The monoisotopic (exact) mass is 475 g/mol. The van der Waals surface area contributed by atoms with Gasteiger partial charge in [0.25, 0.3) is 5.91 Å². The third-order valence-electron chi connectivity index (χ3n) is 4.70. The number of ether oxygens (including phenoxy) is 1. The van der Waals surface area contributed by atoms with Gasteiger partial charge < -0.3 is 25.7 Å². The first kappa shape index (κ1) is 22.6. The maximum absolute atomic E-state index is 12.6. The maximum atomic E-state index is 12.6. The Labute approximate surface area is 191 Å². The van der Waals surface area contributed by atoms with Gasteiger partial charge in [0.05, 0.1) is 11.4 Å². The fourth-order valence-electron chi connectivity index (χ4n) is 3.24. The third kappa shape index (κ3) is 5.82. The number of fused-ring (bicyclic) bond motifs is 1. The zero-order valence-corrected chi connectivity index (χ0v) is 18.0. The number of carbonyl (C=O) groups excluding carboxylic acids is 1. The van der Waals surface area contributed by atoms with E-state index in [1.807, 2.05) is 23.6 Å². The van der Waals surface area contributed by atoms with E-state index in [0.29, 0.717) is 29.2 Å². The highest BCUT2D eigenvalue weighted by Gasteiger charge is 2.31. The number of anilines is 2. The lowest BCUT2D eigenvalue weighted by molar-refractivity contribution is -0.274. The molecule has 4 N–H and O–H groups in total. The number of rotatable bonds is 9. The van der Waals surface area contributed by atoms with Crippen LogP contribution >= 0.6 is 11.3 Å². The van der Waals surface area contributed by atoms with Gasteiger partial charge in [-0.05, 0) is 29.6 Å². The first-order valence-electron chi connectivity index (χ1n) is 10.00. The summed E-state index contributed by atoms with van der Waals surface area (Å²) in [6, 6.07) is 11.5. The van der Waals surface area contributed by atoms with Gasteiger partial charge in [-0.15, -0.1) is 24.5 Å². The molecule has 0 fully saturated rings. The molecule has 0 saturated heterocycles. The molecule has 1 aromatic carbocycles. The Morgan fingerprint density at radius 2 is 1.94 bits per heavy atom. The van der Waals surface area contributed by atoms with E-state index in [2.05, 4.69) is 30.7 Å². The number of thiophene rings is 1. The van der Waals surface area contributed by atoms with Crippen molar-refractivity contribution in [3.63, 3.8) is 0 Å². The number of hydrogen-bond acceptors (Lipinski definition) is 6. The van der Waals surface area contributed by atoms with Crippen LogP contribution in [0, 0.1) is 0 Å². The molecular weight excluding hydrogens is 455 g/mol. The molecule has 172 valence electrons. The molecule has 1 amide bonds. The van der Waals surface area contributed by atoms with Crippen LogP contribution in [0.4, 0.5) is 24.5 Å². The summed E-state index contributed by atoms with van der Waals surface area (Å²) in [6.45, 7) is 0.840. The van der Waals surface area contributed by atoms with E-state index in [9.17, 15) is 18.0 Å². The van der Waals surface area contributed by atoms with Crippen LogP contribution in [-0.4, -0.2) is 35.3 Å². The molecule has 4 aromatic rings. The quantitative estimate of drug-likeness (QED) is 0.262. The second-order valence-electron chi connectivity index (χ2n) is 6.98. The summed E-state index contributed by atoms with van der Waals surface area (Å²) in [5.74, 6) is -0.488. The molecule has 0 unspecified atom stereocenters. The van der Waals surface area contributed by atoms with E-state index in [1.54, 1.807) is 24.5 Å². The Balaban J connectivity index is 1.29. The SMILES string of the molecule is O=C(NCCNCc1ccccc1OC(F)(F)F)c1sccc1Nc1ccnc2[nH]ccc12. The van der Waals surface area contributed by atoms with E-state index < -0.39 is 6.36 Å². The number of alkyl halides is 3. The number of hydrogen-bond donors (Lipinski definition) is 4. The lowest BCUT2D eigenvalue weighted by atomic mass is 10.2. The van der Waals surface area contributed by atoms with Crippen molar-refractivity contribution in [2.75, 3.05) is 18.4 Å². The number of aromatic amines is 1. The molecule has 0 saturated carbocycles. The fourth-order valence-corrected chi connectivity index (χ4v) is 4.01. The Bertz CT molecular complexity index is 1240. The smallest absolute Gasteiger partial charge is 0.405 e. The van der Waals surface area contributed by atoms with Crippen molar-refractivity contribution >= 4 is 39.7 Å². The predicted octanol–water partition coefficient (Wildman–Crippen LogP) is 4.79. The zero-order chi connectivity index (χ0) is 23.3. The number of aromatic nitrogens is 2. The van der Waals surface area contributed by atoms with Gasteiger partial charge >= 0.3 is 6.36 Å². The average Bonchev–Trinajstić information content (AvgIpc) is 3.43. The van der Waals surface area contributed by atoms with E-state index >= 15 is 0 Å². The molecule has 0 aliphatic rings. The van der Waals surface area contributed by atoms with Crippen LogP contribution < -0.4 is 20.7 Å². The molecule has 33 heavy (non-hydrogen) atoms. The van der Waals surface area contributed by atoms with Gasteiger partial charge in [-0.2, -0.15) is 0 Å².